The molecule has 0 aliphatic carbocycles. The molecular weight excluding hydrogens is 174 g/mol. The average Bonchev–Trinajstić information content (AvgIpc) is 2.04. The van der Waals surface area contributed by atoms with Crippen molar-refractivity contribution in [3.63, 3.8) is 0 Å². The monoisotopic (exact) mass is 190 g/mol. The van der Waals surface area contributed by atoms with Gasteiger partial charge in [-0.1, -0.05) is 18.7 Å². The fraction of sp³-hybridized carbons (Fsp3) is 0.556. The van der Waals surface area contributed by atoms with Crippen LogP contribution < -0.4 is 10.9 Å². The Labute approximate surface area is 77.7 Å². The van der Waals surface area contributed by atoms with E-state index in [0.29, 0.717) is 0 Å². The highest BCUT2D eigenvalue weighted by Crippen LogP contribution is 2.04. The highest BCUT2D eigenvalue weighted by Gasteiger charge is 2.01. The number of allylic oxidation sites excluding steroid dienone is 1. The van der Waals surface area contributed by atoms with Crippen LogP contribution in [-0.2, 0) is 0 Å². The molecule has 0 bridgehead atoms. The van der Waals surface area contributed by atoms with Gasteiger partial charge in [-0.05, 0) is 19.5 Å². The van der Waals surface area contributed by atoms with Crippen molar-refractivity contribution >= 4 is 0 Å². The Bertz CT molecular complexity index is 178. The van der Waals surface area contributed by atoms with Crippen LogP contribution in [0.3, 0.4) is 0 Å². The summed E-state index contributed by atoms with van der Waals surface area (Å²) in [6.45, 7) is 5.63. The third-order valence-corrected chi connectivity index (χ3v) is 1.56. The zero-order valence-corrected chi connectivity index (χ0v) is 7.98. The van der Waals surface area contributed by atoms with Crippen LogP contribution in [0.4, 0.5) is 8.78 Å². The Morgan fingerprint density at radius 1 is 1.54 bits per heavy atom. The Hall–Kier alpha value is -0.740. The summed E-state index contributed by atoms with van der Waals surface area (Å²) in [5, 5.41) is 0. The summed E-state index contributed by atoms with van der Waals surface area (Å²) in [6, 6.07) is 0.0407. The first-order chi connectivity index (χ1) is 6.07. The number of rotatable bonds is 6. The second-order valence-corrected chi connectivity index (χ2v) is 2.72. The number of hydrogen-bond acceptors (Lipinski definition) is 2. The highest BCUT2D eigenvalue weighted by molar-refractivity contribution is 5.19. The summed E-state index contributed by atoms with van der Waals surface area (Å²) >= 11 is 0. The van der Waals surface area contributed by atoms with E-state index in [0.717, 1.165) is 5.57 Å². The van der Waals surface area contributed by atoms with Crippen LogP contribution in [0.2, 0.25) is 0 Å². The molecule has 0 aromatic carbocycles. The van der Waals surface area contributed by atoms with Gasteiger partial charge in [0.15, 0.2) is 0 Å². The van der Waals surface area contributed by atoms with Crippen molar-refractivity contribution in [2.45, 2.75) is 25.8 Å². The maximum Gasteiger partial charge on any atom is 0.242 e. The first kappa shape index (κ1) is 12.3. The fourth-order valence-corrected chi connectivity index (χ4v) is 0.776. The van der Waals surface area contributed by atoms with Gasteiger partial charge in [0.2, 0.25) is 6.43 Å². The van der Waals surface area contributed by atoms with Crippen LogP contribution in [-0.4, -0.2) is 19.5 Å². The van der Waals surface area contributed by atoms with Crippen molar-refractivity contribution in [1.82, 2.24) is 10.9 Å². The van der Waals surface area contributed by atoms with Gasteiger partial charge in [0, 0.05) is 12.5 Å². The van der Waals surface area contributed by atoms with E-state index in [1.54, 1.807) is 13.1 Å². The van der Waals surface area contributed by atoms with Gasteiger partial charge in [-0.3, -0.25) is 10.9 Å². The van der Waals surface area contributed by atoms with Crippen LogP contribution in [0.25, 0.3) is 0 Å². The standard InChI is InChI=1S/C9H16F2N2/c1-7(8(2)13-12-3)5-4-6-9(10)11/h4-5,8-9,12-13H,1,6H2,2-3H3/b5-4-. The molecule has 0 spiro atoms. The molecule has 0 aliphatic rings. The Morgan fingerprint density at radius 2 is 2.15 bits per heavy atom. The molecule has 0 rings (SSSR count). The molecule has 0 saturated heterocycles. The molecule has 0 fully saturated rings. The van der Waals surface area contributed by atoms with Crippen molar-refractivity contribution in [2.75, 3.05) is 7.05 Å². The van der Waals surface area contributed by atoms with E-state index in [4.69, 9.17) is 0 Å². The van der Waals surface area contributed by atoms with Gasteiger partial charge < -0.3 is 0 Å². The van der Waals surface area contributed by atoms with Gasteiger partial charge in [0.1, 0.15) is 0 Å². The number of halogens is 2. The third kappa shape index (κ3) is 6.42. The molecule has 13 heavy (non-hydrogen) atoms. The van der Waals surface area contributed by atoms with Crippen molar-refractivity contribution in [3.05, 3.63) is 24.3 Å². The lowest BCUT2D eigenvalue weighted by Crippen LogP contribution is -2.36. The lowest BCUT2D eigenvalue weighted by Gasteiger charge is -2.12. The number of hydrogen-bond donors (Lipinski definition) is 2. The van der Waals surface area contributed by atoms with E-state index in [1.165, 1.54) is 6.08 Å². The lowest BCUT2D eigenvalue weighted by atomic mass is 10.1. The molecule has 76 valence electrons. The summed E-state index contributed by atoms with van der Waals surface area (Å²) in [7, 11) is 1.74. The zero-order chi connectivity index (χ0) is 10.3. The Morgan fingerprint density at radius 3 is 2.62 bits per heavy atom. The van der Waals surface area contributed by atoms with Crippen LogP contribution in [0.5, 0.6) is 0 Å². The minimum absolute atomic E-state index is 0.0407. The molecule has 0 amide bonds. The number of hydrazine groups is 1. The van der Waals surface area contributed by atoms with Crippen molar-refractivity contribution in [3.8, 4) is 0 Å². The van der Waals surface area contributed by atoms with Crippen molar-refractivity contribution < 1.29 is 8.78 Å². The molecule has 2 N–H and O–H groups in total. The number of nitrogens with one attached hydrogen (secondary N) is 2. The van der Waals surface area contributed by atoms with E-state index in [2.05, 4.69) is 17.4 Å². The van der Waals surface area contributed by atoms with Gasteiger partial charge >= 0.3 is 0 Å². The molecule has 4 heteroatoms. The summed E-state index contributed by atoms with van der Waals surface area (Å²) in [6.07, 6.45) is 0.546. The molecule has 0 aliphatic heterocycles. The molecule has 2 nitrogen and oxygen atoms in total. The van der Waals surface area contributed by atoms with Gasteiger partial charge in [-0.2, -0.15) is 0 Å². The predicted octanol–water partition coefficient (Wildman–Crippen LogP) is 1.87. The summed E-state index contributed by atoms with van der Waals surface area (Å²) in [4.78, 5) is 0. The van der Waals surface area contributed by atoms with Crippen LogP contribution in [0.15, 0.2) is 24.3 Å². The minimum Gasteiger partial charge on any atom is -0.260 e. The van der Waals surface area contributed by atoms with E-state index in [-0.39, 0.29) is 12.5 Å². The summed E-state index contributed by atoms with van der Waals surface area (Å²) in [5.74, 6) is 0. The fourth-order valence-electron chi connectivity index (χ4n) is 0.776. The topological polar surface area (TPSA) is 24.1 Å². The van der Waals surface area contributed by atoms with E-state index >= 15 is 0 Å². The smallest absolute Gasteiger partial charge is 0.242 e. The highest BCUT2D eigenvalue weighted by atomic mass is 19.3. The zero-order valence-electron chi connectivity index (χ0n) is 7.98. The summed E-state index contributed by atoms with van der Waals surface area (Å²) in [5.41, 5.74) is 6.42. The SMILES string of the molecule is C=C(/C=C\CC(F)F)C(C)NNC. The first-order valence-corrected chi connectivity index (χ1v) is 4.13. The molecule has 0 saturated carbocycles. The molecule has 1 atom stereocenters. The molecule has 0 aromatic rings. The molecular formula is C9H16F2N2. The van der Waals surface area contributed by atoms with Gasteiger partial charge in [0.25, 0.3) is 0 Å². The normalized spacial score (nSPS) is 13.9. The second kappa shape index (κ2) is 6.74. The van der Waals surface area contributed by atoms with Crippen molar-refractivity contribution in [1.29, 1.82) is 0 Å². The van der Waals surface area contributed by atoms with Gasteiger partial charge in [-0.15, -0.1) is 0 Å². The quantitative estimate of drug-likeness (QED) is 0.493. The Kier molecular flexibility index (Phi) is 6.36. The van der Waals surface area contributed by atoms with Gasteiger partial charge in [0.05, 0.1) is 0 Å². The van der Waals surface area contributed by atoms with E-state index < -0.39 is 6.43 Å². The van der Waals surface area contributed by atoms with E-state index in [1.807, 2.05) is 6.92 Å². The largest absolute Gasteiger partial charge is 0.260 e. The first-order valence-electron chi connectivity index (χ1n) is 4.13. The van der Waals surface area contributed by atoms with E-state index in [9.17, 15) is 8.78 Å². The van der Waals surface area contributed by atoms with Crippen molar-refractivity contribution in [2.24, 2.45) is 0 Å². The molecule has 1 unspecified atom stereocenters. The maximum atomic E-state index is 11.7. The minimum atomic E-state index is -2.28. The average molecular weight is 190 g/mol. The molecule has 0 heterocycles. The van der Waals surface area contributed by atoms with Crippen LogP contribution in [0.1, 0.15) is 13.3 Å². The Balaban J connectivity index is 3.78. The predicted molar refractivity (Wildman–Crippen MR) is 50.6 cm³/mol. The lowest BCUT2D eigenvalue weighted by molar-refractivity contribution is 0.152. The molecule has 0 aromatic heterocycles. The number of alkyl halides is 2. The maximum absolute atomic E-state index is 11.7. The van der Waals surface area contributed by atoms with Gasteiger partial charge in [-0.25, -0.2) is 8.78 Å². The second-order valence-electron chi connectivity index (χ2n) is 2.72. The summed E-state index contributed by atoms with van der Waals surface area (Å²) < 4.78 is 23.5. The third-order valence-electron chi connectivity index (χ3n) is 1.56. The van der Waals surface area contributed by atoms with Crippen LogP contribution in [0, 0.1) is 0 Å². The molecule has 0 radical (unpaired) electrons. The van der Waals surface area contributed by atoms with Crippen LogP contribution >= 0.6 is 0 Å².